The van der Waals surface area contributed by atoms with E-state index >= 15 is 0 Å². The van der Waals surface area contributed by atoms with Gasteiger partial charge in [-0.1, -0.05) is 18.2 Å². The molecule has 25 heavy (non-hydrogen) atoms. The molecule has 1 atom stereocenters. The summed E-state index contributed by atoms with van der Waals surface area (Å²) in [5.41, 5.74) is -0.159. The van der Waals surface area contributed by atoms with Gasteiger partial charge in [-0.2, -0.15) is 18.4 Å². The second-order valence-electron chi connectivity index (χ2n) is 5.67. The number of ether oxygens (including phenoxy) is 1. The predicted molar refractivity (Wildman–Crippen MR) is 83.5 cm³/mol. The van der Waals surface area contributed by atoms with E-state index in [2.05, 4.69) is 0 Å². The maximum absolute atomic E-state index is 14.0. The topological polar surface area (TPSA) is 36.3 Å². The fraction of sp³-hybridized carbons (Fsp3) is 0.278. The largest absolute Gasteiger partial charge is 0.416 e. The van der Waals surface area contributed by atoms with E-state index in [-0.39, 0.29) is 18.7 Å². The van der Waals surface area contributed by atoms with E-state index in [1.165, 1.54) is 12.1 Å². The van der Waals surface area contributed by atoms with Gasteiger partial charge in [-0.25, -0.2) is 4.39 Å². The summed E-state index contributed by atoms with van der Waals surface area (Å²) in [7, 11) is 0. The Morgan fingerprint density at radius 1 is 1.16 bits per heavy atom. The molecule has 2 aromatic carbocycles. The lowest BCUT2D eigenvalue weighted by Crippen LogP contribution is -2.39. The lowest BCUT2D eigenvalue weighted by molar-refractivity contribution is -0.137. The summed E-state index contributed by atoms with van der Waals surface area (Å²) in [4.78, 5) is 1.75. The first kappa shape index (κ1) is 17.2. The summed E-state index contributed by atoms with van der Waals surface area (Å²) in [6, 6.07) is 11.1. The standard InChI is InChI=1S/C18H14F4N2O/c19-15-4-2-1-3-14(15)17-11-24(7-8-25-17)16-6-5-13(18(20,21)22)9-12(16)10-23/h1-6,9,17H,7-8,11H2. The fourth-order valence-electron chi connectivity index (χ4n) is 2.87. The maximum Gasteiger partial charge on any atom is 0.416 e. The van der Waals surface area contributed by atoms with Crippen LogP contribution in [-0.4, -0.2) is 19.7 Å². The molecule has 0 amide bonds. The van der Waals surface area contributed by atoms with E-state index in [0.717, 1.165) is 12.1 Å². The number of rotatable bonds is 2. The highest BCUT2D eigenvalue weighted by Gasteiger charge is 2.32. The minimum absolute atomic E-state index is 0.0657. The van der Waals surface area contributed by atoms with Crippen LogP contribution >= 0.6 is 0 Å². The number of halogens is 4. The predicted octanol–water partition coefficient (Wildman–Crippen LogP) is 4.29. The van der Waals surface area contributed by atoms with Gasteiger partial charge in [0.2, 0.25) is 0 Å². The summed E-state index contributed by atoms with van der Waals surface area (Å²) >= 11 is 0. The van der Waals surface area contributed by atoms with E-state index in [4.69, 9.17) is 4.74 Å². The number of benzene rings is 2. The van der Waals surface area contributed by atoms with Gasteiger partial charge in [0.25, 0.3) is 0 Å². The van der Waals surface area contributed by atoms with E-state index in [1.807, 2.05) is 6.07 Å². The number of hydrogen-bond acceptors (Lipinski definition) is 3. The van der Waals surface area contributed by atoms with Crippen molar-refractivity contribution in [3.8, 4) is 6.07 Å². The number of alkyl halides is 3. The van der Waals surface area contributed by atoms with E-state index in [1.54, 1.807) is 23.1 Å². The van der Waals surface area contributed by atoms with Gasteiger partial charge in [0.15, 0.2) is 0 Å². The molecule has 3 nitrogen and oxygen atoms in total. The zero-order valence-electron chi connectivity index (χ0n) is 13.1. The number of nitrogens with zero attached hydrogens (tertiary/aromatic N) is 2. The van der Waals surface area contributed by atoms with Crippen LogP contribution in [0.3, 0.4) is 0 Å². The normalized spacial score (nSPS) is 18.0. The van der Waals surface area contributed by atoms with Crippen LogP contribution in [0.4, 0.5) is 23.2 Å². The molecule has 1 fully saturated rings. The highest BCUT2D eigenvalue weighted by Crippen LogP contribution is 2.34. The molecule has 2 aromatic rings. The van der Waals surface area contributed by atoms with Gasteiger partial charge in [0.1, 0.15) is 18.0 Å². The second kappa shape index (κ2) is 6.73. The lowest BCUT2D eigenvalue weighted by atomic mass is 10.0. The molecular weight excluding hydrogens is 336 g/mol. The molecule has 0 bridgehead atoms. The molecule has 0 radical (unpaired) electrons. The highest BCUT2D eigenvalue weighted by atomic mass is 19.4. The van der Waals surface area contributed by atoms with E-state index in [0.29, 0.717) is 17.8 Å². The lowest BCUT2D eigenvalue weighted by Gasteiger charge is -2.35. The molecule has 3 rings (SSSR count). The average molecular weight is 350 g/mol. The third-order valence-corrected chi connectivity index (χ3v) is 4.10. The van der Waals surface area contributed by atoms with E-state index < -0.39 is 23.7 Å². The Labute approximate surface area is 142 Å². The van der Waals surface area contributed by atoms with Crippen molar-refractivity contribution in [3.63, 3.8) is 0 Å². The summed E-state index contributed by atoms with van der Waals surface area (Å²) in [5, 5.41) is 9.23. The van der Waals surface area contributed by atoms with E-state index in [9.17, 15) is 22.8 Å². The third kappa shape index (κ3) is 3.59. The summed E-state index contributed by atoms with van der Waals surface area (Å²) in [5.74, 6) is -0.401. The first-order valence-electron chi connectivity index (χ1n) is 7.62. The Morgan fingerprint density at radius 2 is 1.92 bits per heavy atom. The zero-order valence-corrected chi connectivity index (χ0v) is 13.1. The monoisotopic (exact) mass is 350 g/mol. The number of hydrogen-bond donors (Lipinski definition) is 0. The average Bonchev–Trinajstić information content (AvgIpc) is 2.61. The maximum atomic E-state index is 14.0. The summed E-state index contributed by atoms with van der Waals surface area (Å²) in [6.07, 6.45) is -5.06. The number of nitriles is 1. The van der Waals surface area contributed by atoms with Crippen molar-refractivity contribution in [1.82, 2.24) is 0 Å². The molecule has 0 N–H and O–H groups in total. The fourth-order valence-corrected chi connectivity index (χ4v) is 2.87. The van der Waals surface area contributed by atoms with Crippen LogP contribution in [0.25, 0.3) is 0 Å². The molecule has 7 heteroatoms. The minimum Gasteiger partial charge on any atom is -0.370 e. The van der Waals surface area contributed by atoms with Crippen molar-refractivity contribution in [2.45, 2.75) is 12.3 Å². The Hall–Kier alpha value is -2.59. The smallest absolute Gasteiger partial charge is 0.370 e. The van der Waals surface area contributed by atoms with Crippen LogP contribution in [0.15, 0.2) is 42.5 Å². The van der Waals surface area contributed by atoms with Crippen molar-refractivity contribution in [1.29, 1.82) is 5.26 Å². The SMILES string of the molecule is N#Cc1cc(C(F)(F)F)ccc1N1CCOC(c2ccccc2F)C1. The van der Waals surface area contributed by atoms with Crippen LogP contribution in [0.5, 0.6) is 0 Å². The van der Waals surface area contributed by atoms with Gasteiger partial charge in [0, 0.05) is 18.7 Å². The molecule has 1 aliphatic rings. The quantitative estimate of drug-likeness (QED) is 0.758. The summed E-state index contributed by atoms with van der Waals surface area (Å²) < 4.78 is 58.0. The molecule has 1 saturated heterocycles. The Kier molecular flexibility index (Phi) is 4.64. The second-order valence-corrected chi connectivity index (χ2v) is 5.67. The van der Waals surface area contributed by atoms with Crippen molar-refractivity contribution in [2.75, 3.05) is 24.6 Å². The minimum atomic E-state index is -4.51. The summed E-state index contributed by atoms with van der Waals surface area (Å²) in [6.45, 7) is 0.941. The van der Waals surface area contributed by atoms with Crippen LogP contribution in [-0.2, 0) is 10.9 Å². The van der Waals surface area contributed by atoms with Gasteiger partial charge in [-0.3, -0.25) is 0 Å². The van der Waals surface area contributed by atoms with Crippen LogP contribution in [0.1, 0.15) is 22.8 Å². The first-order valence-corrected chi connectivity index (χ1v) is 7.62. The molecule has 0 aliphatic carbocycles. The Balaban J connectivity index is 1.89. The molecule has 130 valence electrons. The molecule has 0 aromatic heterocycles. The first-order chi connectivity index (χ1) is 11.9. The highest BCUT2D eigenvalue weighted by molar-refractivity contribution is 5.61. The van der Waals surface area contributed by atoms with Gasteiger partial charge >= 0.3 is 6.18 Å². The van der Waals surface area contributed by atoms with Crippen molar-refractivity contribution < 1.29 is 22.3 Å². The molecular formula is C18H14F4N2O. The van der Waals surface area contributed by atoms with Crippen LogP contribution in [0.2, 0.25) is 0 Å². The Morgan fingerprint density at radius 3 is 2.60 bits per heavy atom. The zero-order chi connectivity index (χ0) is 18.0. The Bertz CT molecular complexity index is 813. The van der Waals surface area contributed by atoms with Gasteiger partial charge < -0.3 is 9.64 Å². The molecule has 1 heterocycles. The van der Waals surface area contributed by atoms with Gasteiger partial charge in [-0.05, 0) is 24.3 Å². The van der Waals surface area contributed by atoms with Crippen LogP contribution in [0, 0.1) is 17.1 Å². The molecule has 1 unspecified atom stereocenters. The molecule has 0 saturated carbocycles. The number of morpholine rings is 1. The van der Waals surface area contributed by atoms with Gasteiger partial charge in [-0.15, -0.1) is 0 Å². The number of anilines is 1. The van der Waals surface area contributed by atoms with Crippen molar-refractivity contribution >= 4 is 5.69 Å². The van der Waals surface area contributed by atoms with Gasteiger partial charge in [0.05, 0.1) is 23.4 Å². The van der Waals surface area contributed by atoms with Crippen LogP contribution < -0.4 is 4.90 Å². The van der Waals surface area contributed by atoms with Crippen molar-refractivity contribution in [3.05, 3.63) is 65.0 Å². The molecule has 0 spiro atoms. The molecule has 1 aliphatic heterocycles. The van der Waals surface area contributed by atoms with Crippen molar-refractivity contribution in [2.24, 2.45) is 0 Å². The third-order valence-electron chi connectivity index (χ3n) is 4.10.